The van der Waals surface area contributed by atoms with Gasteiger partial charge in [0.25, 0.3) is 5.69 Å². The quantitative estimate of drug-likeness (QED) is 0.277. The van der Waals surface area contributed by atoms with E-state index in [9.17, 15) is 28.4 Å². The van der Waals surface area contributed by atoms with Gasteiger partial charge in [-0.2, -0.15) is 13.2 Å². The van der Waals surface area contributed by atoms with Crippen LogP contribution in [-0.2, 0) is 17.6 Å². The molecule has 0 heterocycles. The highest BCUT2D eigenvalue weighted by molar-refractivity contribution is 6.04. The second-order valence-electron chi connectivity index (χ2n) is 7.13. The number of nitro groups is 1. The van der Waals surface area contributed by atoms with E-state index in [2.05, 4.69) is 5.16 Å². The first kappa shape index (κ1) is 22.8. The first-order valence-electron chi connectivity index (χ1n) is 9.48. The summed E-state index contributed by atoms with van der Waals surface area (Å²) in [5.74, 6) is 0.0144. The number of oxime groups is 1. The van der Waals surface area contributed by atoms with Gasteiger partial charge >= 0.3 is 6.18 Å². The van der Waals surface area contributed by atoms with Crippen LogP contribution < -0.4 is 0 Å². The van der Waals surface area contributed by atoms with Crippen molar-refractivity contribution in [3.8, 4) is 16.9 Å². The van der Waals surface area contributed by atoms with E-state index in [1.165, 1.54) is 30.3 Å². The minimum Gasteiger partial charge on any atom is -0.508 e. The number of hydrogen-bond donors (Lipinski definition) is 1. The van der Waals surface area contributed by atoms with E-state index in [0.717, 1.165) is 12.1 Å². The predicted molar refractivity (Wildman–Crippen MR) is 113 cm³/mol. The first-order chi connectivity index (χ1) is 15.1. The number of phenols is 1. The van der Waals surface area contributed by atoms with Crippen LogP contribution in [0.4, 0.5) is 18.9 Å². The highest BCUT2D eigenvalue weighted by atomic mass is 19.4. The summed E-state index contributed by atoms with van der Waals surface area (Å²) < 4.78 is 38.7. The molecule has 166 valence electrons. The Morgan fingerprint density at radius 2 is 1.72 bits per heavy atom. The van der Waals surface area contributed by atoms with Gasteiger partial charge in [0, 0.05) is 17.7 Å². The van der Waals surface area contributed by atoms with Crippen molar-refractivity contribution in [3.05, 3.63) is 93.0 Å². The van der Waals surface area contributed by atoms with E-state index < -0.39 is 16.7 Å². The number of non-ortho nitro benzene ring substituents is 1. The van der Waals surface area contributed by atoms with Crippen molar-refractivity contribution in [3.63, 3.8) is 0 Å². The van der Waals surface area contributed by atoms with Gasteiger partial charge in [-0.15, -0.1) is 0 Å². The van der Waals surface area contributed by atoms with Crippen molar-refractivity contribution in [1.82, 2.24) is 0 Å². The van der Waals surface area contributed by atoms with Gasteiger partial charge in [-0.25, -0.2) is 0 Å². The first-order valence-corrected chi connectivity index (χ1v) is 9.48. The summed E-state index contributed by atoms with van der Waals surface area (Å²) in [7, 11) is 0. The van der Waals surface area contributed by atoms with Crippen LogP contribution in [0, 0.1) is 17.0 Å². The number of aromatic hydroxyl groups is 1. The Kier molecular flexibility index (Phi) is 6.47. The Hall–Kier alpha value is -3.88. The Morgan fingerprint density at radius 1 is 1.09 bits per heavy atom. The van der Waals surface area contributed by atoms with Crippen LogP contribution in [-0.4, -0.2) is 15.7 Å². The molecule has 32 heavy (non-hydrogen) atoms. The Bertz CT molecular complexity index is 1160. The molecule has 0 bridgehead atoms. The molecule has 3 rings (SSSR count). The van der Waals surface area contributed by atoms with Crippen molar-refractivity contribution in [2.75, 3.05) is 0 Å². The summed E-state index contributed by atoms with van der Waals surface area (Å²) in [6.45, 7) is 3.39. The third kappa shape index (κ3) is 5.23. The number of nitrogens with zero attached hydrogens (tertiary/aromatic N) is 2. The molecule has 1 N–H and O–H groups in total. The third-order valence-corrected chi connectivity index (χ3v) is 4.83. The largest absolute Gasteiger partial charge is 0.508 e. The van der Waals surface area contributed by atoms with Gasteiger partial charge in [-0.1, -0.05) is 17.3 Å². The maximum Gasteiger partial charge on any atom is 0.416 e. The number of rotatable bonds is 6. The lowest BCUT2D eigenvalue weighted by atomic mass is 9.94. The molecule has 0 radical (unpaired) electrons. The summed E-state index contributed by atoms with van der Waals surface area (Å²) in [4.78, 5) is 15.6. The number of phenolic OH excluding ortho intramolecular Hbond substituents is 1. The zero-order valence-corrected chi connectivity index (χ0v) is 17.2. The van der Waals surface area contributed by atoms with E-state index in [-0.39, 0.29) is 18.0 Å². The van der Waals surface area contributed by atoms with E-state index in [4.69, 9.17) is 4.84 Å². The minimum absolute atomic E-state index is 0.0144. The second kappa shape index (κ2) is 9.09. The van der Waals surface area contributed by atoms with Crippen molar-refractivity contribution < 1.29 is 28.0 Å². The Morgan fingerprint density at radius 3 is 2.28 bits per heavy atom. The van der Waals surface area contributed by atoms with Gasteiger partial charge in [0.05, 0.1) is 16.2 Å². The van der Waals surface area contributed by atoms with E-state index in [1.807, 2.05) is 0 Å². The van der Waals surface area contributed by atoms with Crippen molar-refractivity contribution >= 4 is 11.4 Å². The summed E-state index contributed by atoms with van der Waals surface area (Å²) >= 11 is 0. The molecule has 0 fully saturated rings. The van der Waals surface area contributed by atoms with Gasteiger partial charge in [-0.3, -0.25) is 10.1 Å². The van der Waals surface area contributed by atoms with Gasteiger partial charge in [0.1, 0.15) is 12.4 Å². The molecule has 0 spiro atoms. The summed E-state index contributed by atoms with van der Waals surface area (Å²) in [6, 6.07) is 13.7. The molecule has 3 aromatic rings. The third-order valence-electron chi connectivity index (χ3n) is 4.83. The molecular formula is C23H19F3N2O4. The number of alkyl halides is 3. The average Bonchev–Trinajstić information content (AvgIpc) is 2.75. The summed E-state index contributed by atoms with van der Waals surface area (Å²) in [6.07, 6.45) is -4.44. The predicted octanol–water partition coefficient (Wildman–Crippen LogP) is 6.24. The van der Waals surface area contributed by atoms with Crippen LogP contribution >= 0.6 is 0 Å². The standard InChI is InChI=1S/C23H19F3N2O4/c1-14-11-21(17-5-7-18(8-6-17)23(24,25)26)20(12-22(14)29)15(2)27-32-13-16-3-9-19(10-4-16)28(30)31/h3-12,29H,13H2,1-2H3/b27-15+. The number of halogens is 3. The van der Waals surface area contributed by atoms with Crippen LogP contribution in [0.25, 0.3) is 11.1 Å². The lowest BCUT2D eigenvalue weighted by molar-refractivity contribution is -0.384. The molecule has 0 atom stereocenters. The highest BCUT2D eigenvalue weighted by Crippen LogP contribution is 2.34. The molecule has 0 amide bonds. The Balaban J connectivity index is 1.86. The monoisotopic (exact) mass is 444 g/mol. The fourth-order valence-corrected chi connectivity index (χ4v) is 3.04. The highest BCUT2D eigenvalue weighted by Gasteiger charge is 2.30. The maximum absolute atomic E-state index is 12.9. The smallest absolute Gasteiger partial charge is 0.416 e. The molecule has 0 aliphatic heterocycles. The van der Waals surface area contributed by atoms with Crippen molar-refractivity contribution in [2.24, 2.45) is 5.16 Å². The molecule has 0 aliphatic rings. The SMILES string of the molecule is C/C(=N\OCc1ccc([N+](=O)[O-])cc1)c1cc(O)c(C)cc1-c1ccc(C(F)(F)F)cc1. The number of aryl methyl sites for hydroxylation is 1. The summed E-state index contributed by atoms with van der Waals surface area (Å²) in [5, 5.41) is 24.9. The molecule has 0 aromatic heterocycles. The van der Waals surface area contributed by atoms with E-state index in [0.29, 0.717) is 33.5 Å². The second-order valence-corrected chi connectivity index (χ2v) is 7.13. The maximum atomic E-state index is 12.9. The molecule has 9 heteroatoms. The van der Waals surface area contributed by atoms with Crippen molar-refractivity contribution in [2.45, 2.75) is 26.6 Å². The van der Waals surface area contributed by atoms with Crippen LogP contribution in [0.3, 0.4) is 0 Å². The van der Waals surface area contributed by atoms with Crippen LogP contribution in [0.1, 0.15) is 29.2 Å². The van der Waals surface area contributed by atoms with Crippen molar-refractivity contribution in [1.29, 1.82) is 0 Å². The Labute approximate surface area is 181 Å². The molecule has 0 saturated heterocycles. The molecule has 3 aromatic carbocycles. The molecule has 0 saturated carbocycles. The number of hydrogen-bond acceptors (Lipinski definition) is 5. The van der Waals surface area contributed by atoms with Gasteiger partial charge in [-0.05, 0) is 72.5 Å². The zero-order chi connectivity index (χ0) is 23.5. The average molecular weight is 444 g/mol. The number of nitro benzene ring substituents is 1. The van der Waals surface area contributed by atoms with E-state index >= 15 is 0 Å². The summed E-state index contributed by atoms with van der Waals surface area (Å²) in [5.41, 5.74) is 2.45. The molecule has 0 aliphatic carbocycles. The zero-order valence-electron chi connectivity index (χ0n) is 17.2. The van der Waals surface area contributed by atoms with E-state index in [1.54, 1.807) is 32.0 Å². The number of benzene rings is 3. The minimum atomic E-state index is -4.44. The van der Waals surface area contributed by atoms with Crippen LogP contribution in [0.15, 0.2) is 65.8 Å². The molecule has 6 nitrogen and oxygen atoms in total. The lowest BCUT2D eigenvalue weighted by Gasteiger charge is -2.14. The topological polar surface area (TPSA) is 85.0 Å². The normalized spacial score (nSPS) is 12.0. The lowest BCUT2D eigenvalue weighted by Crippen LogP contribution is -2.05. The van der Waals surface area contributed by atoms with Crippen LogP contribution in [0.5, 0.6) is 5.75 Å². The van der Waals surface area contributed by atoms with Crippen LogP contribution in [0.2, 0.25) is 0 Å². The van der Waals surface area contributed by atoms with Gasteiger partial charge in [0.2, 0.25) is 0 Å². The molecular weight excluding hydrogens is 425 g/mol. The fraction of sp³-hybridized carbons (Fsp3) is 0.174. The fourth-order valence-electron chi connectivity index (χ4n) is 3.04. The molecule has 0 unspecified atom stereocenters. The van der Waals surface area contributed by atoms with Gasteiger partial charge < -0.3 is 9.94 Å². The van der Waals surface area contributed by atoms with Gasteiger partial charge in [0.15, 0.2) is 0 Å².